The number of methoxy groups -OCH3 is 2. The van der Waals surface area contributed by atoms with Gasteiger partial charge in [0.25, 0.3) is 0 Å². The number of esters is 2. The topological polar surface area (TPSA) is 64.6 Å². The molecule has 0 saturated carbocycles. The largest absolute Gasteiger partial charge is 0.469 e. The number of carbonyl (C=O) groups excluding carboxylic acids is 2. The number of rotatable bonds is 9. The predicted octanol–water partition coefficient (Wildman–Crippen LogP) is 4.06. The molecule has 0 heterocycles. The summed E-state index contributed by atoms with van der Waals surface area (Å²) >= 11 is 0. The Morgan fingerprint density at radius 1 is 0.742 bits per heavy atom. The summed E-state index contributed by atoms with van der Waals surface area (Å²) in [4.78, 5) is 24.5. The minimum absolute atomic E-state index is 0.0950. The molecule has 3 rings (SSSR count). The van der Waals surface area contributed by atoms with Gasteiger partial charge < -0.3 is 9.47 Å². The third-order valence-electron chi connectivity index (χ3n) is 5.36. The van der Waals surface area contributed by atoms with Crippen LogP contribution in [0.15, 0.2) is 91.0 Å². The number of hydrogen-bond donors (Lipinski definition) is 1. The predicted molar refractivity (Wildman–Crippen MR) is 119 cm³/mol. The van der Waals surface area contributed by atoms with Gasteiger partial charge in [-0.05, 0) is 23.1 Å². The first kappa shape index (κ1) is 22.2. The summed E-state index contributed by atoms with van der Waals surface area (Å²) in [6, 6.07) is 29.1. The summed E-state index contributed by atoms with van der Waals surface area (Å²) < 4.78 is 9.86. The van der Waals surface area contributed by atoms with Crippen LogP contribution in [0.3, 0.4) is 0 Å². The third-order valence-corrected chi connectivity index (χ3v) is 5.36. The SMILES string of the molecule is COC(=O)CC[C@H](NC(c1ccccc1)(c1ccccc1)c1ccccc1)C(=O)OC. The first-order valence-corrected chi connectivity index (χ1v) is 10.2. The van der Waals surface area contributed by atoms with Crippen molar-refractivity contribution in [2.75, 3.05) is 14.2 Å². The highest BCUT2D eigenvalue weighted by molar-refractivity contribution is 5.77. The van der Waals surface area contributed by atoms with Crippen molar-refractivity contribution in [3.63, 3.8) is 0 Å². The van der Waals surface area contributed by atoms with Crippen molar-refractivity contribution >= 4 is 11.9 Å². The van der Waals surface area contributed by atoms with Crippen molar-refractivity contribution < 1.29 is 19.1 Å². The minimum Gasteiger partial charge on any atom is -0.469 e. The van der Waals surface area contributed by atoms with Crippen molar-refractivity contribution in [1.82, 2.24) is 5.32 Å². The summed E-state index contributed by atoms with van der Waals surface area (Å²) in [5.74, 6) is -0.809. The standard InChI is InChI=1S/C26H27NO4/c1-30-24(28)19-18-23(25(29)31-2)27-26(20-12-6-3-7-13-20,21-14-8-4-9-15-21)22-16-10-5-11-17-22/h3-17,23,27H,18-19H2,1-2H3/t23-/m0/s1. The number of hydrogen-bond acceptors (Lipinski definition) is 5. The van der Waals surface area contributed by atoms with Crippen LogP contribution in [0, 0.1) is 0 Å². The molecule has 0 amide bonds. The number of nitrogens with one attached hydrogen (secondary N) is 1. The highest BCUT2D eigenvalue weighted by atomic mass is 16.5. The first-order valence-electron chi connectivity index (χ1n) is 10.2. The van der Waals surface area contributed by atoms with E-state index in [4.69, 9.17) is 9.47 Å². The Balaban J connectivity index is 2.18. The molecule has 0 spiro atoms. The van der Waals surface area contributed by atoms with Gasteiger partial charge in [0.05, 0.1) is 19.8 Å². The molecule has 31 heavy (non-hydrogen) atoms. The van der Waals surface area contributed by atoms with E-state index in [-0.39, 0.29) is 18.8 Å². The van der Waals surface area contributed by atoms with Crippen molar-refractivity contribution in [3.05, 3.63) is 108 Å². The lowest BCUT2D eigenvalue weighted by atomic mass is 9.76. The second-order valence-electron chi connectivity index (χ2n) is 7.18. The van der Waals surface area contributed by atoms with Crippen LogP contribution in [0.1, 0.15) is 29.5 Å². The molecule has 160 valence electrons. The zero-order valence-corrected chi connectivity index (χ0v) is 17.8. The van der Waals surface area contributed by atoms with Crippen molar-refractivity contribution in [1.29, 1.82) is 0 Å². The fraction of sp³-hybridized carbons (Fsp3) is 0.231. The normalized spacial score (nSPS) is 12.1. The fourth-order valence-electron chi connectivity index (χ4n) is 3.83. The van der Waals surface area contributed by atoms with Gasteiger partial charge in [0.15, 0.2) is 0 Å². The maximum Gasteiger partial charge on any atom is 0.322 e. The summed E-state index contributed by atoms with van der Waals surface area (Å²) in [5.41, 5.74) is 2.08. The Morgan fingerprint density at radius 3 is 1.52 bits per heavy atom. The molecule has 1 atom stereocenters. The Bertz CT molecular complexity index is 877. The second-order valence-corrected chi connectivity index (χ2v) is 7.18. The molecule has 0 aromatic heterocycles. The smallest absolute Gasteiger partial charge is 0.322 e. The van der Waals surface area contributed by atoms with Crippen molar-refractivity contribution in [2.24, 2.45) is 0 Å². The summed E-state index contributed by atoms with van der Waals surface area (Å²) in [6.07, 6.45) is 0.339. The maximum absolute atomic E-state index is 12.7. The molecule has 0 radical (unpaired) electrons. The zero-order chi connectivity index (χ0) is 22.1. The van der Waals surface area contributed by atoms with Gasteiger partial charge in [-0.15, -0.1) is 0 Å². The van der Waals surface area contributed by atoms with E-state index in [1.54, 1.807) is 0 Å². The molecular weight excluding hydrogens is 390 g/mol. The molecule has 0 aliphatic heterocycles. The number of ether oxygens (including phenoxy) is 2. The molecule has 5 heteroatoms. The van der Waals surface area contributed by atoms with E-state index in [2.05, 4.69) is 5.32 Å². The lowest BCUT2D eigenvalue weighted by molar-refractivity contribution is -0.145. The van der Waals surface area contributed by atoms with Crippen LogP contribution in [-0.4, -0.2) is 32.2 Å². The van der Waals surface area contributed by atoms with E-state index < -0.39 is 17.6 Å². The van der Waals surface area contributed by atoms with E-state index in [1.165, 1.54) is 14.2 Å². The van der Waals surface area contributed by atoms with Crippen LogP contribution in [0.25, 0.3) is 0 Å². The molecule has 1 N–H and O–H groups in total. The van der Waals surface area contributed by atoms with Crippen LogP contribution in [0.2, 0.25) is 0 Å². The van der Waals surface area contributed by atoms with Gasteiger partial charge in [0.1, 0.15) is 6.04 Å². The van der Waals surface area contributed by atoms with E-state index in [1.807, 2.05) is 91.0 Å². The van der Waals surface area contributed by atoms with Gasteiger partial charge in [0, 0.05) is 6.42 Å². The van der Waals surface area contributed by atoms with Gasteiger partial charge in [-0.1, -0.05) is 91.0 Å². The maximum atomic E-state index is 12.7. The molecule has 0 aliphatic carbocycles. The van der Waals surface area contributed by atoms with E-state index in [0.29, 0.717) is 0 Å². The van der Waals surface area contributed by atoms with Gasteiger partial charge in [-0.25, -0.2) is 0 Å². The molecule has 3 aromatic carbocycles. The number of benzene rings is 3. The highest BCUT2D eigenvalue weighted by Crippen LogP contribution is 2.37. The van der Waals surface area contributed by atoms with Crippen LogP contribution in [0.4, 0.5) is 0 Å². The molecule has 0 aliphatic rings. The fourth-order valence-corrected chi connectivity index (χ4v) is 3.83. The first-order chi connectivity index (χ1) is 15.1. The Labute approximate surface area is 183 Å². The van der Waals surface area contributed by atoms with Crippen LogP contribution >= 0.6 is 0 Å². The average molecular weight is 418 g/mol. The Hall–Kier alpha value is -3.44. The van der Waals surface area contributed by atoms with Gasteiger partial charge in [-0.2, -0.15) is 0 Å². The lowest BCUT2D eigenvalue weighted by Gasteiger charge is -2.39. The molecular formula is C26H27NO4. The molecule has 5 nitrogen and oxygen atoms in total. The monoisotopic (exact) mass is 417 g/mol. The van der Waals surface area contributed by atoms with E-state index >= 15 is 0 Å². The van der Waals surface area contributed by atoms with Gasteiger partial charge in [0.2, 0.25) is 0 Å². The Morgan fingerprint density at radius 2 is 1.16 bits per heavy atom. The molecule has 0 bridgehead atoms. The molecule has 0 saturated heterocycles. The summed E-state index contributed by atoms with van der Waals surface area (Å²) in [5, 5.41) is 3.56. The van der Waals surface area contributed by atoms with Crippen molar-refractivity contribution in [2.45, 2.75) is 24.4 Å². The second kappa shape index (κ2) is 10.5. The van der Waals surface area contributed by atoms with E-state index in [9.17, 15) is 9.59 Å². The van der Waals surface area contributed by atoms with Crippen LogP contribution in [-0.2, 0) is 24.6 Å². The van der Waals surface area contributed by atoms with E-state index in [0.717, 1.165) is 16.7 Å². The third kappa shape index (κ3) is 5.01. The average Bonchev–Trinajstić information content (AvgIpc) is 2.85. The van der Waals surface area contributed by atoms with Crippen LogP contribution in [0.5, 0.6) is 0 Å². The molecule has 0 unspecified atom stereocenters. The van der Waals surface area contributed by atoms with Gasteiger partial charge in [-0.3, -0.25) is 14.9 Å². The minimum atomic E-state index is -0.835. The van der Waals surface area contributed by atoms with Crippen LogP contribution < -0.4 is 5.32 Å². The quantitative estimate of drug-likeness (QED) is 0.420. The summed E-state index contributed by atoms with van der Waals surface area (Å²) in [7, 11) is 2.69. The van der Waals surface area contributed by atoms with Crippen molar-refractivity contribution in [3.8, 4) is 0 Å². The zero-order valence-electron chi connectivity index (χ0n) is 17.8. The lowest BCUT2D eigenvalue weighted by Crippen LogP contribution is -2.53. The summed E-state index contributed by atoms with van der Waals surface area (Å²) in [6.45, 7) is 0. The number of carbonyl (C=O) groups is 2. The van der Waals surface area contributed by atoms with Gasteiger partial charge >= 0.3 is 11.9 Å². The Kier molecular flexibility index (Phi) is 7.57. The molecule has 3 aromatic rings. The molecule has 0 fully saturated rings. The highest BCUT2D eigenvalue weighted by Gasteiger charge is 2.40.